The second kappa shape index (κ2) is 8.53. The second-order valence-electron chi connectivity index (χ2n) is 10.9. The van der Waals surface area contributed by atoms with E-state index in [0.717, 1.165) is 25.9 Å². The zero-order chi connectivity index (χ0) is 22.3. The summed E-state index contributed by atoms with van der Waals surface area (Å²) in [4.78, 5) is 12.6. The van der Waals surface area contributed by atoms with Crippen molar-refractivity contribution >= 4 is 5.97 Å². The molecule has 172 valence electrons. The quantitative estimate of drug-likeness (QED) is 0.365. The molecular weight excluding hydrogens is 382 g/mol. The van der Waals surface area contributed by atoms with Crippen LogP contribution in [0.15, 0.2) is 11.6 Å². The van der Waals surface area contributed by atoms with Crippen molar-refractivity contribution in [1.82, 2.24) is 5.32 Å². The number of methoxy groups -OCH3 is 1. The van der Waals surface area contributed by atoms with Crippen LogP contribution in [-0.4, -0.2) is 61.8 Å². The fraction of sp³-hybridized carbons (Fsp3) is 0.875. The van der Waals surface area contributed by atoms with Crippen molar-refractivity contribution in [2.24, 2.45) is 11.3 Å². The van der Waals surface area contributed by atoms with Gasteiger partial charge in [-0.25, -0.2) is 0 Å². The summed E-state index contributed by atoms with van der Waals surface area (Å²) in [7, 11) is 1.71. The smallest absolute Gasteiger partial charge is 0.320 e. The summed E-state index contributed by atoms with van der Waals surface area (Å²) in [6.45, 7) is 15.9. The van der Waals surface area contributed by atoms with Crippen molar-refractivity contribution in [1.29, 1.82) is 0 Å². The van der Waals surface area contributed by atoms with Crippen molar-refractivity contribution in [3.05, 3.63) is 11.6 Å². The van der Waals surface area contributed by atoms with E-state index in [1.165, 1.54) is 5.57 Å². The molecule has 0 aromatic carbocycles. The number of rotatable bonds is 8. The van der Waals surface area contributed by atoms with Crippen LogP contribution in [0.5, 0.6) is 0 Å². The minimum Gasteiger partial charge on any atom is -0.459 e. The van der Waals surface area contributed by atoms with E-state index < -0.39 is 0 Å². The summed E-state index contributed by atoms with van der Waals surface area (Å²) in [6, 6.07) is 0.208. The molecule has 0 bridgehead atoms. The Labute approximate surface area is 182 Å². The summed E-state index contributed by atoms with van der Waals surface area (Å²) in [6.07, 6.45) is 4.38. The Morgan fingerprint density at radius 3 is 2.53 bits per heavy atom. The van der Waals surface area contributed by atoms with E-state index >= 15 is 0 Å². The number of epoxide rings is 2. The lowest BCUT2D eigenvalue weighted by Crippen LogP contribution is -2.56. The summed E-state index contributed by atoms with van der Waals surface area (Å²) in [5.74, 6) is -0.175. The summed E-state index contributed by atoms with van der Waals surface area (Å²) in [5.41, 5.74) is 0.865. The van der Waals surface area contributed by atoms with Gasteiger partial charge in [0.2, 0.25) is 0 Å². The van der Waals surface area contributed by atoms with Gasteiger partial charge < -0.3 is 24.3 Å². The molecule has 3 rings (SSSR count). The van der Waals surface area contributed by atoms with Crippen LogP contribution in [0.4, 0.5) is 0 Å². The van der Waals surface area contributed by atoms with Gasteiger partial charge in [0.05, 0.1) is 25.2 Å². The summed E-state index contributed by atoms with van der Waals surface area (Å²) < 4.78 is 24.0. The van der Waals surface area contributed by atoms with E-state index in [0.29, 0.717) is 0 Å². The number of ether oxygens (including phenoxy) is 4. The Hall–Kier alpha value is -0.950. The Kier molecular flexibility index (Phi) is 6.74. The molecule has 30 heavy (non-hydrogen) atoms. The first kappa shape index (κ1) is 23.7. The molecule has 6 nitrogen and oxygen atoms in total. The topological polar surface area (TPSA) is 72.6 Å². The van der Waals surface area contributed by atoms with Crippen LogP contribution >= 0.6 is 0 Å². The van der Waals surface area contributed by atoms with E-state index in [2.05, 4.69) is 59.9 Å². The number of hydrogen-bond donors (Lipinski definition) is 1. The van der Waals surface area contributed by atoms with Gasteiger partial charge >= 0.3 is 5.97 Å². The SMILES string of the molecule is COC1C(OC(=O)CNC(C)C(C)(C)C)CCC2(CO2)C1C1(C)OC1CC=C(C)C. The predicted octanol–water partition coefficient (Wildman–Crippen LogP) is 3.63. The summed E-state index contributed by atoms with van der Waals surface area (Å²) in [5, 5.41) is 3.29. The highest BCUT2D eigenvalue weighted by molar-refractivity contribution is 5.72. The Morgan fingerprint density at radius 2 is 2.00 bits per heavy atom. The van der Waals surface area contributed by atoms with Gasteiger partial charge in [-0.15, -0.1) is 0 Å². The second-order valence-corrected chi connectivity index (χ2v) is 10.9. The first-order valence-corrected chi connectivity index (χ1v) is 11.3. The van der Waals surface area contributed by atoms with E-state index in [4.69, 9.17) is 18.9 Å². The number of carbonyl (C=O) groups excluding carboxylic acids is 1. The lowest BCUT2D eigenvalue weighted by molar-refractivity contribution is -0.171. The lowest BCUT2D eigenvalue weighted by Gasteiger charge is -2.42. The summed E-state index contributed by atoms with van der Waals surface area (Å²) >= 11 is 0. The number of allylic oxidation sites excluding steroid dienone is 1. The normalized spacial score (nSPS) is 38.8. The van der Waals surface area contributed by atoms with E-state index in [9.17, 15) is 4.79 Å². The molecule has 7 atom stereocenters. The molecule has 2 saturated heterocycles. The van der Waals surface area contributed by atoms with Crippen molar-refractivity contribution in [2.45, 2.75) is 103 Å². The Morgan fingerprint density at radius 1 is 1.33 bits per heavy atom. The number of esters is 1. The van der Waals surface area contributed by atoms with E-state index in [1.54, 1.807) is 7.11 Å². The molecule has 1 N–H and O–H groups in total. The minimum atomic E-state index is -0.312. The van der Waals surface area contributed by atoms with E-state index in [-0.39, 0.29) is 59.4 Å². The number of nitrogens with one attached hydrogen (secondary N) is 1. The fourth-order valence-electron chi connectivity index (χ4n) is 4.82. The third kappa shape index (κ3) is 4.93. The molecule has 7 unspecified atom stereocenters. The maximum atomic E-state index is 12.6. The maximum absolute atomic E-state index is 12.6. The highest BCUT2D eigenvalue weighted by Gasteiger charge is 2.72. The van der Waals surface area contributed by atoms with Gasteiger partial charge in [0.15, 0.2) is 0 Å². The molecule has 1 saturated carbocycles. The molecule has 0 amide bonds. The van der Waals surface area contributed by atoms with Crippen molar-refractivity contribution in [3.8, 4) is 0 Å². The largest absolute Gasteiger partial charge is 0.459 e. The van der Waals surface area contributed by atoms with Crippen molar-refractivity contribution in [2.75, 3.05) is 20.3 Å². The van der Waals surface area contributed by atoms with Crippen LogP contribution in [-0.2, 0) is 23.7 Å². The Bertz CT molecular complexity index is 661. The molecule has 1 spiro atoms. The van der Waals surface area contributed by atoms with Crippen LogP contribution in [0, 0.1) is 11.3 Å². The van der Waals surface area contributed by atoms with E-state index in [1.807, 2.05) is 0 Å². The van der Waals surface area contributed by atoms with Crippen LogP contribution in [0.2, 0.25) is 0 Å². The highest BCUT2D eigenvalue weighted by Crippen LogP contribution is 2.59. The fourth-order valence-corrected chi connectivity index (χ4v) is 4.82. The highest BCUT2D eigenvalue weighted by atomic mass is 16.6. The molecule has 3 aliphatic rings. The van der Waals surface area contributed by atoms with Gasteiger partial charge in [-0.05, 0) is 52.4 Å². The molecular formula is C24H41NO5. The monoisotopic (exact) mass is 423 g/mol. The standard InChI is InChI=1S/C24H41NO5/c1-15(2)9-10-18-23(7,30-18)21-20(27-8)17(11-12-24(21)14-28-24)29-19(26)13-25-16(3)22(4,5)6/h9,16-18,20-21,25H,10-14H2,1-8H3. The van der Waals surface area contributed by atoms with Gasteiger partial charge in [-0.3, -0.25) is 4.79 Å². The van der Waals surface area contributed by atoms with Gasteiger partial charge in [0.25, 0.3) is 0 Å². The first-order chi connectivity index (χ1) is 13.9. The zero-order valence-corrected chi connectivity index (χ0v) is 20.0. The number of carbonyl (C=O) groups is 1. The lowest BCUT2D eigenvalue weighted by atomic mass is 9.68. The van der Waals surface area contributed by atoms with Gasteiger partial charge in [-0.1, -0.05) is 32.4 Å². The third-order valence-electron chi connectivity index (χ3n) is 7.37. The van der Waals surface area contributed by atoms with Crippen LogP contribution in [0.3, 0.4) is 0 Å². The van der Waals surface area contributed by atoms with Crippen molar-refractivity contribution < 1.29 is 23.7 Å². The molecule has 3 fully saturated rings. The number of hydrogen-bond acceptors (Lipinski definition) is 6. The van der Waals surface area contributed by atoms with Crippen molar-refractivity contribution in [3.63, 3.8) is 0 Å². The van der Waals surface area contributed by atoms with Gasteiger partial charge in [0, 0.05) is 13.2 Å². The van der Waals surface area contributed by atoms with Gasteiger partial charge in [-0.2, -0.15) is 0 Å². The van der Waals surface area contributed by atoms with Crippen LogP contribution in [0.1, 0.15) is 67.7 Å². The first-order valence-electron chi connectivity index (χ1n) is 11.3. The molecule has 6 heteroatoms. The molecule has 1 aliphatic carbocycles. The molecule has 2 aliphatic heterocycles. The maximum Gasteiger partial charge on any atom is 0.320 e. The predicted molar refractivity (Wildman–Crippen MR) is 116 cm³/mol. The van der Waals surface area contributed by atoms with Crippen LogP contribution < -0.4 is 5.32 Å². The average molecular weight is 424 g/mol. The molecule has 0 aromatic rings. The minimum absolute atomic E-state index is 0.0542. The van der Waals surface area contributed by atoms with Crippen LogP contribution in [0.25, 0.3) is 0 Å². The van der Waals surface area contributed by atoms with Gasteiger partial charge in [0.1, 0.15) is 23.4 Å². The average Bonchev–Trinajstić information content (AvgIpc) is 3.56. The molecule has 0 radical (unpaired) electrons. The Balaban J connectivity index is 1.65. The zero-order valence-electron chi connectivity index (χ0n) is 20.0. The molecule has 0 aromatic heterocycles. The third-order valence-corrected chi connectivity index (χ3v) is 7.37. The molecule has 2 heterocycles.